The summed E-state index contributed by atoms with van der Waals surface area (Å²) in [7, 11) is 0. The van der Waals surface area contributed by atoms with Gasteiger partial charge in [-0.1, -0.05) is 40.9 Å². The number of nitrogen functional groups attached to an aromatic ring is 1. The lowest BCUT2D eigenvalue weighted by atomic mass is 10.1. The quantitative estimate of drug-likeness (QED) is 0.353. The van der Waals surface area contributed by atoms with Crippen LogP contribution in [-0.2, 0) is 6.42 Å². The van der Waals surface area contributed by atoms with Crippen LogP contribution in [0.5, 0.6) is 11.5 Å². The first-order valence-corrected chi connectivity index (χ1v) is 9.67. The molecule has 6 nitrogen and oxygen atoms in total. The highest BCUT2D eigenvalue weighted by atomic mass is 35.5. The molecular formula is C20H12Cl3FN4O2. The van der Waals surface area contributed by atoms with Crippen LogP contribution in [0.15, 0.2) is 53.2 Å². The van der Waals surface area contributed by atoms with E-state index in [1.807, 2.05) is 0 Å². The third-order valence-electron chi connectivity index (χ3n) is 4.05. The lowest BCUT2D eigenvalue weighted by molar-refractivity contribution is 0.437. The summed E-state index contributed by atoms with van der Waals surface area (Å²) in [6.45, 7) is 0. The maximum Gasteiger partial charge on any atom is 0.249 e. The van der Waals surface area contributed by atoms with Crippen LogP contribution >= 0.6 is 34.8 Å². The van der Waals surface area contributed by atoms with Gasteiger partial charge in [0.15, 0.2) is 11.6 Å². The molecule has 0 amide bonds. The molecule has 0 unspecified atom stereocenters. The molecule has 10 heteroatoms. The molecular weight excluding hydrogens is 454 g/mol. The predicted octanol–water partition coefficient (Wildman–Crippen LogP) is 6.20. The molecule has 0 atom stereocenters. The molecule has 152 valence electrons. The summed E-state index contributed by atoms with van der Waals surface area (Å²) in [5.41, 5.74) is 6.91. The van der Waals surface area contributed by atoms with Gasteiger partial charge in [0.05, 0.1) is 22.0 Å². The SMILES string of the molecule is Nc1cc(Cl)cc(Oc2c(Cl)ccc(Cc3nnc(-c4ccncc4Cl)o3)c2F)c1. The summed E-state index contributed by atoms with van der Waals surface area (Å²) in [4.78, 5) is 3.91. The fourth-order valence-corrected chi connectivity index (χ4v) is 3.33. The summed E-state index contributed by atoms with van der Waals surface area (Å²) < 4.78 is 26.3. The van der Waals surface area contributed by atoms with Crippen molar-refractivity contribution in [2.45, 2.75) is 6.42 Å². The second kappa shape index (κ2) is 8.47. The maximum absolute atomic E-state index is 15.1. The minimum atomic E-state index is -0.664. The first kappa shape index (κ1) is 20.4. The average molecular weight is 466 g/mol. The van der Waals surface area contributed by atoms with E-state index in [9.17, 15) is 0 Å². The van der Waals surface area contributed by atoms with Crippen molar-refractivity contribution < 1.29 is 13.5 Å². The van der Waals surface area contributed by atoms with Gasteiger partial charge in [-0.3, -0.25) is 4.98 Å². The zero-order valence-corrected chi connectivity index (χ0v) is 17.3. The van der Waals surface area contributed by atoms with Gasteiger partial charge in [0.25, 0.3) is 0 Å². The highest BCUT2D eigenvalue weighted by Gasteiger charge is 2.19. The molecule has 2 heterocycles. The summed E-state index contributed by atoms with van der Waals surface area (Å²) in [6.07, 6.45) is 3.04. The van der Waals surface area contributed by atoms with Crippen molar-refractivity contribution in [3.05, 3.63) is 81.1 Å². The molecule has 0 spiro atoms. The van der Waals surface area contributed by atoms with Crippen LogP contribution in [0, 0.1) is 5.82 Å². The van der Waals surface area contributed by atoms with Gasteiger partial charge < -0.3 is 14.9 Å². The van der Waals surface area contributed by atoms with E-state index in [-0.39, 0.29) is 40.3 Å². The van der Waals surface area contributed by atoms with Crippen LogP contribution in [0.4, 0.5) is 10.1 Å². The number of nitrogens with two attached hydrogens (primary N) is 1. The van der Waals surface area contributed by atoms with E-state index in [1.54, 1.807) is 18.3 Å². The Hall–Kier alpha value is -2.87. The van der Waals surface area contributed by atoms with Crippen molar-refractivity contribution in [1.29, 1.82) is 0 Å². The van der Waals surface area contributed by atoms with Crippen molar-refractivity contribution in [3.8, 4) is 23.0 Å². The summed E-state index contributed by atoms with van der Waals surface area (Å²) in [6, 6.07) is 9.23. The predicted molar refractivity (Wildman–Crippen MR) is 113 cm³/mol. The third kappa shape index (κ3) is 4.33. The molecule has 4 aromatic rings. The average Bonchev–Trinajstić information content (AvgIpc) is 3.15. The number of nitrogens with zero attached hydrogens (tertiary/aromatic N) is 3. The second-order valence-corrected chi connectivity index (χ2v) is 7.46. The number of rotatable bonds is 5. The number of halogens is 4. The highest BCUT2D eigenvalue weighted by molar-refractivity contribution is 6.33. The molecule has 0 bridgehead atoms. The molecule has 0 fully saturated rings. The first-order valence-electron chi connectivity index (χ1n) is 8.54. The minimum absolute atomic E-state index is 0.0206. The lowest BCUT2D eigenvalue weighted by Gasteiger charge is -2.12. The van der Waals surface area contributed by atoms with Crippen LogP contribution in [0.25, 0.3) is 11.5 Å². The van der Waals surface area contributed by atoms with Crippen LogP contribution in [-0.4, -0.2) is 15.2 Å². The van der Waals surface area contributed by atoms with Gasteiger partial charge in [-0.15, -0.1) is 10.2 Å². The summed E-state index contributed by atoms with van der Waals surface area (Å²) in [5.74, 6) is -0.171. The fraction of sp³-hybridized carbons (Fsp3) is 0.0500. The van der Waals surface area contributed by atoms with E-state index in [0.29, 0.717) is 21.3 Å². The zero-order chi connectivity index (χ0) is 21.3. The van der Waals surface area contributed by atoms with Gasteiger partial charge in [-0.2, -0.15) is 0 Å². The molecule has 30 heavy (non-hydrogen) atoms. The van der Waals surface area contributed by atoms with E-state index >= 15 is 4.39 Å². The number of benzene rings is 2. The molecule has 0 aliphatic carbocycles. The summed E-state index contributed by atoms with van der Waals surface area (Å²) >= 11 is 18.2. The Morgan fingerprint density at radius 3 is 2.63 bits per heavy atom. The second-order valence-electron chi connectivity index (χ2n) is 6.21. The first-order chi connectivity index (χ1) is 14.4. The Bertz CT molecular complexity index is 1210. The molecule has 2 aromatic carbocycles. The third-order valence-corrected chi connectivity index (χ3v) is 4.87. The van der Waals surface area contributed by atoms with Crippen molar-refractivity contribution in [1.82, 2.24) is 15.2 Å². The standard InChI is InChI=1S/C20H12Cl3FN4O2/c21-11-6-12(25)8-13(7-11)29-19-15(22)2-1-10(18(19)24)5-17-27-28-20(30-17)14-3-4-26-9-16(14)23/h1-4,6-9H,5,25H2. The van der Waals surface area contributed by atoms with E-state index in [4.69, 9.17) is 49.7 Å². The van der Waals surface area contributed by atoms with Crippen molar-refractivity contribution in [3.63, 3.8) is 0 Å². The van der Waals surface area contributed by atoms with Gasteiger partial charge in [0.2, 0.25) is 11.8 Å². The van der Waals surface area contributed by atoms with E-state index in [1.165, 1.54) is 30.5 Å². The number of aromatic nitrogens is 3. The largest absolute Gasteiger partial charge is 0.453 e. The molecule has 0 radical (unpaired) electrons. The summed E-state index contributed by atoms with van der Waals surface area (Å²) in [5, 5.41) is 8.73. The van der Waals surface area contributed by atoms with Gasteiger partial charge in [-0.25, -0.2) is 4.39 Å². The number of anilines is 1. The van der Waals surface area contributed by atoms with E-state index in [2.05, 4.69) is 15.2 Å². The normalized spacial score (nSPS) is 10.9. The Morgan fingerprint density at radius 1 is 1.03 bits per heavy atom. The number of ether oxygens (including phenoxy) is 1. The Morgan fingerprint density at radius 2 is 1.87 bits per heavy atom. The molecule has 2 N–H and O–H groups in total. The molecule has 4 rings (SSSR count). The smallest absolute Gasteiger partial charge is 0.249 e. The van der Waals surface area contributed by atoms with Crippen molar-refractivity contribution in [2.24, 2.45) is 0 Å². The van der Waals surface area contributed by atoms with Crippen molar-refractivity contribution >= 4 is 40.5 Å². The fourth-order valence-electron chi connectivity index (χ4n) is 2.71. The van der Waals surface area contributed by atoms with Gasteiger partial charge in [-0.05, 0) is 24.3 Å². The molecule has 0 aliphatic rings. The van der Waals surface area contributed by atoms with Gasteiger partial charge in [0.1, 0.15) is 5.75 Å². The van der Waals surface area contributed by atoms with Crippen LogP contribution in [0.3, 0.4) is 0 Å². The van der Waals surface area contributed by atoms with Crippen molar-refractivity contribution in [2.75, 3.05) is 5.73 Å². The number of hydrogen-bond donors (Lipinski definition) is 1. The van der Waals surface area contributed by atoms with Gasteiger partial charge in [0, 0.05) is 34.7 Å². The van der Waals surface area contributed by atoms with E-state index < -0.39 is 5.82 Å². The Kier molecular flexibility index (Phi) is 5.76. The Labute approximate surface area is 185 Å². The number of hydrogen-bond acceptors (Lipinski definition) is 6. The molecule has 2 aromatic heterocycles. The molecule has 0 saturated heterocycles. The van der Waals surface area contributed by atoms with Crippen LogP contribution in [0.1, 0.15) is 11.5 Å². The van der Waals surface area contributed by atoms with Crippen LogP contribution < -0.4 is 10.5 Å². The van der Waals surface area contributed by atoms with Gasteiger partial charge >= 0.3 is 0 Å². The number of pyridine rings is 1. The monoisotopic (exact) mass is 464 g/mol. The zero-order valence-electron chi connectivity index (χ0n) is 15.1. The van der Waals surface area contributed by atoms with E-state index in [0.717, 1.165) is 0 Å². The highest BCUT2D eigenvalue weighted by Crippen LogP contribution is 2.36. The maximum atomic E-state index is 15.1. The lowest BCUT2D eigenvalue weighted by Crippen LogP contribution is -1.98. The topological polar surface area (TPSA) is 87.1 Å². The molecule has 0 saturated carbocycles. The van der Waals surface area contributed by atoms with Crippen LogP contribution in [0.2, 0.25) is 15.1 Å². The minimum Gasteiger partial charge on any atom is -0.453 e. The Balaban J connectivity index is 1.62. The molecule has 0 aliphatic heterocycles.